The summed E-state index contributed by atoms with van der Waals surface area (Å²) in [5, 5.41) is 12.0. The normalized spacial score (nSPS) is 10.2. The monoisotopic (exact) mass is 171 g/mol. The number of rotatable bonds is 1. The predicted octanol–water partition coefficient (Wildman–Crippen LogP) is 2.35. The van der Waals surface area contributed by atoms with E-state index in [0.717, 1.165) is 10.8 Å². The van der Waals surface area contributed by atoms with Crippen LogP contribution in [0.3, 0.4) is 0 Å². The van der Waals surface area contributed by atoms with Crippen molar-refractivity contribution in [2.75, 3.05) is 0 Å². The first kappa shape index (κ1) is 7.73. The standard InChI is InChI=1S/C10H5NO2/c12-11(13)10-6-5-8-3-1-2-4-9(8)7-10/h1-2,4,6-7H. The number of fused-ring (bicyclic) bond motifs is 1. The second kappa shape index (κ2) is 2.86. The molecule has 0 aliphatic heterocycles. The third-order valence-electron chi connectivity index (χ3n) is 1.77. The molecule has 0 fully saturated rings. The molecule has 0 aromatic heterocycles. The van der Waals surface area contributed by atoms with Crippen molar-refractivity contribution in [1.82, 2.24) is 0 Å². The molecule has 0 saturated heterocycles. The average Bonchev–Trinajstić information content (AvgIpc) is 2.17. The van der Waals surface area contributed by atoms with Crippen molar-refractivity contribution in [2.45, 2.75) is 0 Å². The van der Waals surface area contributed by atoms with Crippen LogP contribution in [0.25, 0.3) is 10.8 Å². The van der Waals surface area contributed by atoms with Crippen molar-refractivity contribution in [2.24, 2.45) is 0 Å². The molecule has 2 rings (SSSR count). The van der Waals surface area contributed by atoms with Gasteiger partial charge in [0.2, 0.25) is 0 Å². The number of benzene rings is 2. The lowest BCUT2D eigenvalue weighted by atomic mass is 10.1. The topological polar surface area (TPSA) is 43.1 Å². The Labute approximate surface area is 74.8 Å². The Morgan fingerprint density at radius 2 is 2.23 bits per heavy atom. The minimum Gasteiger partial charge on any atom is -0.258 e. The van der Waals surface area contributed by atoms with E-state index < -0.39 is 4.92 Å². The van der Waals surface area contributed by atoms with Crippen molar-refractivity contribution >= 4 is 16.5 Å². The van der Waals surface area contributed by atoms with Gasteiger partial charge in [-0.2, -0.15) is 0 Å². The van der Waals surface area contributed by atoms with Crippen LogP contribution in [0.4, 0.5) is 5.69 Å². The van der Waals surface area contributed by atoms with Crippen molar-refractivity contribution in [1.29, 1.82) is 0 Å². The molecule has 13 heavy (non-hydrogen) atoms. The zero-order chi connectivity index (χ0) is 9.26. The molecule has 0 amide bonds. The molecule has 3 nitrogen and oxygen atoms in total. The molecule has 0 aliphatic carbocycles. The summed E-state index contributed by atoms with van der Waals surface area (Å²) in [4.78, 5) is 9.99. The first-order valence-electron chi connectivity index (χ1n) is 3.74. The maximum absolute atomic E-state index is 10.4. The van der Waals surface area contributed by atoms with E-state index in [9.17, 15) is 10.1 Å². The van der Waals surface area contributed by atoms with Crippen LogP contribution >= 0.6 is 0 Å². The Morgan fingerprint density at radius 3 is 3.00 bits per heavy atom. The lowest BCUT2D eigenvalue weighted by molar-refractivity contribution is -0.384. The smallest absolute Gasteiger partial charge is 0.258 e. The lowest BCUT2D eigenvalue weighted by Crippen LogP contribution is -1.86. The zero-order valence-corrected chi connectivity index (χ0v) is 6.65. The Hall–Kier alpha value is -1.90. The summed E-state index contributed by atoms with van der Waals surface area (Å²) < 4.78 is 0. The second-order valence-electron chi connectivity index (χ2n) is 2.62. The van der Waals surface area contributed by atoms with Crippen LogP contribution in [0.1, 0.15) is 0 Å². The maximum Gasteiger partial charge on any atom is 0.270 e. The van der Waals surface area contributed by atoms with Gasteiger partial charge in [0.15, 0.2) is 0 Å². The van der Waals surface area contributed by atoms with E-state index in [1.54, 1.807) is 18.2 Å². The van der Waals surface area contributed by atoms with Crippen LogP contribution in [0.15, 0.2) is 30.3 Å². The number of non-ortho nitro benzene ring substituents is 1. The number of nitro groups is 1. The van der Waals surface area contributed by atoms with E-state index in [-0.39, 0.29) is 5.69 Å². The molecular weight excluding hydrogens is 166 g/mol. The van der Waals surface area contributed by atoms with Gasteiger partial charge in [0.05, 0.1) is 4.92 Å². The Kier molecular flexibility index (Phi) is 1.70. The molecule has 0 bridgehead atoms. The zero-order valence-electron chi connectivity index (χ0n) is 6.65. The molecule has 0 aliphatic rings. The first-order valence-corrected chi connectivity index (χ1v) is 3.74. The van der Waals surface area contributed by atoms with E-state index in [1.807, 2.05) is 0 Å². The highest BCUT2D eigenvalue weighted by Gasteiger charge is 2.04. The minimum atomic E-state index is -0.428. The summed E-state index contributed by atoms with van der Waals surface area (Å²) in [5.41, 5.74) is 0.0621. The predicted molar refractivity (Wildman–Crippen MR) is 48.3 cm³/mol. The number of hydrogen-bond donors (Lipinski definition) is 0. The average molecular weight is 171 g/mol. The van der Waals surface area contributed by atoms with Crippen molar-refractivity contribution < 1.29 is 4.92 Å². The third-order valence-corrected chi connectivity index (χ3v) is 1.77. The largest absolute Gasteiger partial charge is 0.270 e. The SMILES string of the molecule is O=[N+]([O-])c1c[c]c2[c]cccc2c1. The molecule has 0 heterocycles. The molecule has 3 heteroatoms. The minimum absolute atomic E-state index is 0.0621. The highest BCUT2D eigenvalue weighted by Crippen LogP contribution is 2.18. The van der Waals surface area contributed by atoms with Crippen LogP contribution in [-0.2, 0) is 0 Å². The summed E-state index contributed by atoms with van der Waals surface area (Å²) in [6.45, 7) is 0. The molecule has 0 spiro atoms. The highest BCUT2D eigenvalue weighted by molar-refractivity contribution is 5.83. The molecule has 0 atom stereocenters. The van der Waals surface area contributed by atoms with Gasteiger partial charge in [-0.3, -0.25) is 10.1 Å². The van der Waals surface area contributed by atoms with Gasteiger partial charge >= 0.3 is 0 Å². The van der Waals surface area contributed by atoms with Crippen LogP contribution in [-0.4, -0.2) is 4.92 Å². The van der Waals surface area contributed by atoms with Gasteiger partial charge in [-0.15, -0.1) is 0 Å². The number of nitro benzene ring substituents is 1. The summed E-state index contributed by atoms with van der Waals surface area (Å²) in [7, 11) is 0. The van der Waals surface area contributed by atoms with E-state index in [2.05, 4.69) is 12.1 Å². The first-order chi connectivity index (χ1) is 6.27. The van der Waals surface area contributed by atoms with Crippen molar-refractivity contribution in [3.8, 4) is 0 Å². The third kappa shape index (κ3) is 1.36. The van der Waals surface area contributed by atoms with Gasteiger partial charge < -0.3 is 0 Å². The van der Waals surface area contributed by atoms with Gasteiger partial charge in [0, 0.05) is 12.1 Å². The molecule has 2 radical (unpaired) electrons. The lowest BCUT2D eigenvalue weighted by Gasteiger charge is -1.94. The van der Waals surface area contributed by atoms with E-state index >= 15 is 0 Å². The van der Waals surface area contributed by atoms with E-state index in [0.29, 0.717) is 0 Å². The molecule has 0 saturated carbocycles. The quantitative estimate of drug-likeness (QED) is 0.488. The Morgan fingerprint density at radius 1 is 1.38 bits per heavy atom. The van der Waals surface area contributed by atoms with Crippen LogP contribution in [0.2, 0.25) is 0 Å². The maximum atomic E-state index is 10.4. The number of hydrogen-bond acceptors (Lipinski definition) is 2. The van der Waals surface area contributed by atoms with Crippen LogP contribution < -0.4 is 0 Å². The van der Waals surface area contributed by atoms with Gasteiger partial charge in [-0.25, -0.2) is 0 Å². The molecule has 0 unspecified atom stereocenters. The highest BCUT2D eigenvalue weighted by atomic mass is 16.6. The van der Waals surface area contributed by atoms with E-state index in [4.69, 9.17) is 0 Å². The Balaban J connectivity index is 2.69. The van der Waals surface area contributed by atoms with Gasteiger partial charge in [-0.05, 0) is 22.9 Å². The molecule has 2 aromatic carbocycles. The van der Waals surface area contributed by atoms with Gasteiger partial charge in [0.1, 0.15) is 0 Å². The van der Waals surface area contributed by atoms with Crippen molar-refractivity contribution in [3.63, 3.8) is 0 Å². The van der Waals surface area contributed by atoms with Gasteiger partial charge in [-0.1, -0.05) is 18.2 Å². The fraction of sp³-hybridized carbons (Fsp3) is 0. The molecule has 0 N–H and O–H groups in total. The van der Waals surface area contributed by atoms with Crippen molar-refractivity contribution in [3.05, 3.63) is 52.6 Å². The van der Waals surface area contributed by atoms with E-state index in [1.165, 1.54) is 12.1 Å². The molecular formula is C10H5NO2. The molecule has 62 valence electrons. The van der Waals surface area contributed by atoms with Gasteiger partial charge in [0.25, 0.3) is 5.69 Å². The van der Waals surface area contributed by atoms with Crippen LogP contribution in [0.5, 0.6) is 0 Å². The number of nitrogens with zero attached hydrogens (tertiary/aromatic N) is 1. The summed E-state index contributed by atoms with van der Waals surface area (Å²) >= 11 is 0. The summed E-state index contributed by atoms with van der Waals surface area (Å²) in [6.07, 6.45) is 0. The fourth-order valence-electron chi connectivity index (χ4n) is 1.15. The Bertz CT molecular complexity index is 465. The fourth-order valence-corrected chi connectivity index (χ4v) is 1.15. The van der Waals surface area contributed by atoms with Crippen LogP contribution in [0, 0.1) is 22.2 Å². The molecule has 2 aromatic rings. The summed E-state index contributed by atoms with van der Waals surface area (Å²) in [5.74, 6) is 0. The summed E-state index contributed by atoms with van der Waals surface area (Å²) in [6, 6.07) is 14.0. The second-order valence-corrected chi connectivity index (χ2v) is 2.62.